The zero-order valence-corrected chi connectivity index (χ0v) is 12.2. The van der Waals surface area contributed by atoms with Gasteiger partial charge in [0.2, 0.25) is 0 Å². The van der Waals surface area contributed by atoms with Crippen molar-refractivity contribution < 1.29 is 29.4 Å². The normalized spacial score (nSPS) is 12.7. The van der Waals surface area contributed by atoms with E-state index in [1.54, 1.807) is 0 Å². The Morgan fingerprint density at radius 1 is 1.04 bits per heavy atom. The van der Waals surface area contributed by atoms with Crippen molar-refractivity contribution in [2.45, 2.75) is 25.7 Å². The number of anilines is 1. The number of fused-ring (bicyclic) bond motifs is 1. The monoisotopic (exact) mass is 320 g/mol. The van der Waals surface area contributed by atoms with E-state index in [0.717, 1.165) is 0 Å². The molecule has 1 aromatic carbocycles. The molecule has 1 aliphatic rings. The molecule has 0 fully saturated rings. The molecule has 1 heterocycles. The maximum atomic E-state index is 11.9. The van der Waals surface area contributed by atoms with Gasteiger partial charge in [-0.05, 0) is 25.0 Å². The average Bonchev–Trinajstić information content (AvgIpc) is 2.77. The number of imide groups is 1. The van der Waals surface area contributed by atoms with E-state index in [1.165, 1.54) is 12.1 Å². The van der Waals surface area contributed by atoms with Gasteiger partial charge >= 0.3 is 11.9 Å². The van der Waals surface area contributed by atoms with Crippen LogP contribution in [0.5, 0.6) is 0 Å². The van der Waals surface area contributed by atoms with Crippen LogP contribution < -0.4 is 10.6 Å². The molecule has 8 nitrogen and oxygen atoms in total. The van der Waals surface area contributed by atoms with Gasteiger partial charge in [-0.25, -0.2) is 4.79 Å². The molecule has 0 saturated heterocycles. The zero-order chi connectivity index (χ0) is 17.0. The molecular formula is C15H16N2O6. The third kappa shape index (κ3) is 3.65. The fourth-order valence-electron chi connectivity index (χ4n) is 2.41. The van der Waals surface area contributed by atoms with Crippen LogP contribution >= 0.6 is 0 Å². The topological polar surface area (TPSA) is 133 Å². The van der Waals surface area contributed by atoms with Crippen molar-refractivity contribution in [3.63, 3.8) is 0 Å². The van der Waals surface area contributed by atoms with Crippen molar-refractivity contribution in [3.05, 3.63) is 28.8 Å². The zero-order valence-electron chi connectivity index (χ0n) is 12.2. The summed E-state index contributed by atoms with van der Waals surface area (Å²) in [5, 5.41) is 22.8. The minimum absolute atomic E-state index is 0.0421. The van der Waals surface area contributed by atoms with Crippen molar-refractivity contribution in [1.82, 2.24) is 5.32 Å². The highest BCUT2D eigenvalue weighted by Crippen LogP contribution is 2.28. The number of carboxylic acid groups (broad SMARTS) is 2. The molecule has 0 unspecified atom stereocenters. The van der Waals surface area contributed by atoms with Crippen LogP contribution in [0.2, 0.25) is 0 Å². The maximum absolute atomic E-state index is 11.9. The van der Waals surface area contributed by atoms with Gasteiger partial charge in [0, 0.05) is 13.0 Å². The van der Waals surface area contributed by atoms with E-state index in [2.05, 4.69) is 10.6 Å². The van der Waals surface area contributed by atoms with Crippen LogP contribution in [0.15, 0.2) is 12.1 Å². The molecule has 122 valence electrons. The minimum Gasteiger partial charge on any atom is -0.481 e. The number of benzene rings is 1. The van der Waals surface area contributed by atoms with Crippen LogP contribution in [0.4, 0.5) is 5.69 Å². The predicted molar refractivity (Wildman–Crippen MR) is 79.8 cm³/mol. The number of rotatable bonds is 8. The highest BCUT2D eigenvalue weighted by molar-refractivity contribution is 6.25. The SMILES string of the molecule is O=C(O)CCCCCNc1c(C(=O)O)ccc2c1C(=O)NC2=O. The van der Waals surface area contributed by atoms with Gasteiger partial charge in [-0.15, -0.1) is 0 Å². The lowest BCUT2D eigenvalue weighted by Crippen LogP contribution is -2.20. The average molecular weight is 320 g/mol. The molecule has 23 heavy (non-hydrogen) atoms. The summed E-state index contributed by atoms with van der Waals surface area (Å²) in [6, 6.07) is 2.60. The highest BCUT2D eigenvalue weighted by Gasteiger charge is 2.32. The number of aliphatic carboxylic acids is 1. The lowest BCUT2D eigenvalue weighted by Gasteiger charge is -2.12. The summed E-state index contributed by atoms with van der Waals surface area (Å²) < 4.78 is 0. The number of hydrogen-bond donors (Lipinski definition) is 4. The largest absolute Gasteiger partial charge is 0.481 e. The van der Waals surface area contributed by atoms with Gasteiger partial charge in [-0.1, -0.05) is 6.42 Å². The molecule has 2 rings (SSSR count). The second kappa shape index (κ2) is 6.91. The smallest absolute Gasteiger partial charge is 0.337 e. The van der Waals surface area contributed by atoms with E-state index in [0.29, 0.717) is 25.8 Å². The number of carbonyl (C=O) groups is 4. The molecule has 0 saturated carbocycles. The predicted octanol–water partition coefficient (Wildman–Crippen LogP) is 1.33. The van der Waals surface area contributed by atoms with E-state index in [-0.39, 0.29) is 28.8 Å². The molecular weight excluding hydrogens is 304 g/mol. The summed E-state index contributed by atoms with van der Waals surface area (Å²) in [7, 11) is 0. The third-order valence-electron chi connectivity index (χ3n) is 3.50. The van der Waals surface area contributed by atoms with Crippen molar-refractivity contribution >= 4 is 29.4 Å². The summed E-state index contributed by atoms with van der Waals surface area (Å²) in [6.45, 7) is 0.373. The summed E-state index contributed by atoms with van der Waals surface area (Å²) in [5.74, 6) is -3.23. The Hall–Kier alpha value is -2.90. The van der Waals surface area contributed by atoms with Crippen molar-refractivity contribution in [2.75, 3.05) is 11.9 Å². The van der Waals surface area contributed by atoms with Crippen LogP contribution in [-0.2, 0) is 4.79 Å². The van der Waals surface area contributed by atoms with Crippen LogP contribution in [0.25, 0.3) is 0 Å². The molecule has 1 aromatic rings. The second-order valence-corrected chi connectivity index (χ2v) is 5.13. The van der Waals surface area contributed by atoms with E-state index >= 15 is 0 Å². The molecule has 0 aromatic heterocycles. The van der Waals surface area contributed by atoms with Crippen LogP contribution in [-0.4, -0.2) is 40.5 Å². The first-order valence-electron chi connectivity index (χ1n) is 7.13. The third-order valence-corrected chi connectivity index (χ3v) is 3.50. The molecule has 0 atom stereocenters. The van der Waals surface area contributed by atoms with Crippen molar-refractivity contribution in [3.8, 4) is 0 Å². The van der Waals surface area contributed by atoms with Crippen molar-refractivity contribution in [2.24, 2.45) is 0 Å². The number of aromatic carboxylic acids is 1. The first kappa shape index (κ1) is 16.5. The summed E-state index contributed by atoms with van der Waals surface area (Å²) in [5.41, 5.74) is 0.226. The Morgan fingerprint density at radius 3 is 2.43 bits per heavy atom. The van der Waals surface area contributed by atoms with Gasteiger partial charge in [0.05, 0.1) is 22.4 Å². The lowest BCUT2D eigenvalue weighted by molar-refractivity contribution is -0.137. The van der Waals surface area contributed by atoms with Crippen LogP contribution in [0.1, 0.15) is 56.8 Å². The Kier molecular flexibility index (Phi) is 4.95. The Balaban J connectivity index is 2.11. The molecule has 4 N–H and O–H groups in total. The highest BCUT2D eigenvalue weighted by atomic mass is 16.4. The lowest BCUT2D eigenvalue weighted by atomic mass is 10.0. The first-order valence-corrected chi connectivity index (χ1v) is 7.13. The van der Waals surface area contributed by atoms with Crippen LogP contribution in [0, 0.1) is 0 Å². The molecule has 0 bridgehead atoms. The Bertz CT molecular complexity index is 683. The van der Waals surface area contributed by atoms with E-state index < -0.39 is 23.8 Å². The number of carbonyl (C=O) groups excluding carboxylic acids is 2. The van der Waals surface area contributed by atoms with Gasteiger partial charge in [-0.3, -0.25) is 19.7 Å². The molecule has 8 heteroatoms. The van der Waals surface area contributed by atoms with Gasteiger partial charge in [0.1, 0.15) is 0 Å². The van der Waals surface area contributed by atoms with E-state index in [4.69, 9.17) is 5.11 Å². The number of hydrogen-bond acceptors (Lipinski definition) is 5. The molecule has 0 spiro atoms. The van der Waals surface area contributed by atoms with E-state index in [1.807, 2.05) is 0 Å². The minimum atomic E-state index is -1.20. The molecule has 0 radical (unpaired) electrons. The van der Waals surface area contributed by atoms with Crippen molar-refractivity contribution in [1.29, 1.82) is 0 Å². The number of nitrogens with one attached hydrogen (secondary N) is 2. The van der Waals surface area contributed by atoms with Gasteiger partial charge in [0.15, 0.2) is 0 Å². The van der Waals surface area contributed by atoms with Gasteiger partial charge in [-0.2, -0.15) is 0 Å². The van der Waals surface area contributed by atoms with Gasteiger partial charge < -0.3 is 15.5 Å². The quantitative estimate of drug-likeness (QED) is 0.419. The standard InChI is InChI=1S/C15H16N2O6/c18-10(19)4-2-1-3-7-16-12-9(15(22)23)6-5-8-11(12)14(21)17-13(8)20/h5-6,16H,1-4,7H2,(H,18,19)(H,22,23)(H,17,20,21). The Morgan fingerprint density at radius 2 is 1.78 bits per heavy atom. The Labute approximate surface area is 131 Å². The number of amides is 2. The van der Waals surface area contributed by atoms with E-state index in [9.17, 15) is 24.3 Å². The summed E-state index contributed by atoms with van der Waals surface area (Å²) in [4.78, 5) is 45.2. The number of carboxylic acids is 2. The van der Waals surface area contributed by atoms with Crippen LogP contribution in [0.3, 0.4) is 0 Å². The number of unbranched alkanes of at least 4 members (excludes halogenated alkanes) is 2. The fraction of sp³-hybridized carbons (Fsp3) is 0.333. The fourth-order valence-corrected chi connectivity index (χ4v) is 2.41. The molecule has 0 aliphatic carbocycles. The molecule has 1 aliphatic heterocycles. The molecule has 2 amide bonds. The second-order valence-electron chi connectivity index (χ2n) is 5.13. The first-order chi connectivity index (χ1) is 10.9. The summed E-state index contributed by atoms with van der Waals surface area (Å²) >= 11 is 0. The summed E-state index contributed by atoms with van der Waals surface area (Å²) in [6.07, 6.45) is 1.88. The van der Waals surface area contributed by atoms with Gasteiger partial charge in [0.25, 0.3) is 11.8 Å². The maximum Gasteiger partial charge on any atom is 0.337 e.